The second-order valence-electron chi connectivity index (χ2n) is 6.88. The van der Waals surface area contributed by atoms with Crippen molar-refractivity contribution in [3.8, 4) is 11.4 Å². The number of anilines is 1. The van der Waals surface area contributed by atoms with E-state index < -0.39 is 0 Å². The molecule has 7 heteroatoms. The van der Waals surface area contributed by atoms with Crippen LogP contribution in [0.2, 0.25) is 0 Å². The predicted octanol–water partition coefficient (Wildman–Crippen LogP) is 4.88. The smallest absolute Gasteiger partial charge is 0.260 e. The molecule has 1 heterocycles. The molecule has 0 bridgehead atoms. The van der Waals surface area contributed by atoms with Crippen LogP contribution in [0.5, 0.6) is 5.75 Å². The maximum atomic E-state index is 12.6. The van der Waals surface area contributed by atoms with Crippen molar-refractivity contribution in [2.24, 2.45) is 0 Å². The summed E-state index contributed by atoms with van der Waals surface area (Å²) in [6.45, 7) is 4.73. The second kappa shape index (κ2) is 10.5. The van der Waals surface area contributed by atoms with Gasteiger partial charge in [-0.3, -0.25) is 10.1 Å². The van der Waals surface area contributed by atoms with Crippen LogP contribution >= 0.6 is 12.2 Å². The topological polar surface area (TPSA) is 68.2 Å². The van der Waals surface area contributed by atoms with Crippen LogP contribution in [0.15, 0.2) is 60.8 Å². The number of hydrogen-bond acceptors (Lipinski definition) is 4. The Labute approximate surface area is 182 Å². The van der Waals surface area contributed by atoms with Crippen LogP contribution in [-0.2, 0) is 0 Å². The van der Waals surface area contributed by atoms with Crippen molar-refractivity contribution in [2.45, 2.75) is 33.1 Å². The minimum absolute atomic E-state index is 0.225. The van der Waals surface area contributed by atoms with Crippen LogP contribution in [0.4, 0.5) is 5.69 Å². The molecule has 0 radical (unpaired) electrons. The largest absolute Gasteiger partial charge is 0.494 e. The molecule has 1 amide bonds. The molecule has 0 unspecified atom stereocenters. The number of amides is 1. The lowest BCUT2D eigenvalue weighted by molar-refractivity contribution is 0.0977. The Bertz CT molecular complexity index is 984. The van der Waals surface area contributed by atoms with Gasteiger partial charge in [-0.1, -0.05) is 38.0 Å². The molecule has 0 fully saturated rings. The van der Waals surface area contributed by atoms with E-state index in [-0.39, 0.29) is 11.0 Å². The van der Waals surface area contributed by atoms with Crippen LogP contribution in [0.1, 0.15) is 42.2 Å². The fourth-order valence-corrected chi connectivity index (χ4v) is 3.18. The molecule has 156 valence electrons. The number of hydrogen-bond donors (Lipinski definition) is 2. The molecule has 2 aromatic carbocycles. The van der Waals surface area contributed by atoms with E-state index in [2.05, 4.69) is 22.7 Å². The van der Waals surface area contributed by atoms with Gasteiger partial charge >= 0.3 is 0 Å². The zero-order valence-electron chi connectivity index (χ0n) is 17.2. The number of carbonyl (C=O) groups excluding carboxylic acids is 1. The summed E-state index contributed by atoms with van der Waals surface area (Å²) in [4.78, 5) is 12.6. The second-order valence-corrected chi connectivity index (χ2v) is 7.29. The third kappa shape index (κ3) is 5.67. The lowest BCUT2D eigenvalue weighted by Gasteiger charge is -2.11. The Kier molecular flexibility index (Phi) is 7.57. The van der Waals surface area contributed by atoms with Gasteiger partial charge in [0.2, 0.25) is 0 Å². The van der Waals surface area contributed by atoms with E-state index in [1.54, 1.807) is 10.9 Å². The minimum atomic E-state index is -0.303. The fourth-order valence-electron chi connectivity index (χ4n) is 2.97. The SMILES string of the molecule is CCCCCOc1ccc(NC(=S)NC(=O)c2cnn(-c3ccccc3)c2C)cc1. The molecular weight excluding hydrogens is 396 g/mol. The lowest BCUT2D eigenvalue weighted by atomic mass is 10.2. The van der Waals surface area contributed by atoms with E-state index >= 15 is 0 Å². The van der Waals surface area contributed by atoms with Gasteiger partial charge in [-0.05, 0) is 62.0 Å². The molecule has 30 heavy (non-hydrogen) atoms. The molecule has 0 aliphatic rings. The normalized spacial score (nSPS) is 10.5. The number of unbranched alkanes of at least 4 members (excludes halogenated alkanes) is 2. The first-order valence-corrected chi connectivity index (χ1v) is 10.4. The van der Waals surface area contributed by atoms with Crippen LogP contribution in [0.3, 0.4) is 0 Å². The van der Waals surface area contributed by atoms with E-state index in [1.807, 2.05) is 61.5 Å². The highest BCUT2D eigenvalue weighted by molar-refractivity contribution is 7.80. The highest BCUT2D eigenvalue weighted by atomic mass is 32.1. The number of benzene rings is 2. The van der Waals surface area contributed by atoms with Gasteiger partial charge < -0.3 is 10.1 Å². The molecule has 0 aliphatic heterocycles. The third-order valence-electron chi connectivity index (χ3n) is 4.61. The molecule has 3 rings (SSSR count). The Morgan fingerprint density at radius 3 is 2.53 bits per heavy atom. The number of para-hydroxylation sites is 1. The van der Waals surface area contributed by atoms with Gasteiger partial charge in [-0.25, -0.2) is 4.68 Å². The van der Waals surface area contributed by atoms with Crippen molar-refractivity contribution < 1.29 is 9.53 Å². The number of aromatic nitrogens is 2. The van der Waals surface area contributed by atoms with Gasteiger partial charge in [0, 0.05) is 5.69 Å². The highest BCUT2D eigenvalue weighted by Gasteiger charge is 2.16. The maximum Gasteiger partial charge on any atom is 0.260 e. The molecule has 0 atom stereocenters. The monoisotopic (exact) mass is 422 g/mol. The summed E-state index contributed by atoms with van der Waals surface area (Å²) < 4.78 is 7.43. The van der Waals surface area contributed by atoms with E-state index in [4.69, 9.17) is 17.0 Å². The first-order valence-electron chi connectivity index (χ1n) is 10.0. The first kappa shape index (κ1) is 21.5. The Morgan fingerprint density at radius 2 is 1.83 bits per heavy atom. The van der Waals surface area contributed by atoms with E-state index in [9.17, 15) is 4.79 Å². The summed E-state index contributed by atoms with van der Waals surface area (Å²) in [5.41, 5.74) is 2.88. The summed E-state index contributed by atoms with van der Waals surface area (Å²) >= 11 is 5.29. The Hall–Kier alpha value is -3.19. The molecular formula is C23H26N4O2S. The summed E-state index contributed by atoms with van der Waals surface area (Å²) in [7, 11) is 0. The predicted molar refractivity (Wildman–Crippen MR) is 123 cm³/mol. The van der Waals surface area contributed by atoms with Crippen LogP contribution in [-0.4, -0.2) is 27.4 Å². The van der Waals surface area contributed by atoms with Gasteiger partial charge in [0.25, 0.3) is 5.91 Å². The lowest BCUT2D eigenvalue weighted by Crippen LogP contribution is -2.34. The van der Waals surface area contributed by atoms with Crippen molar-refractivity contribution in [3.63, 3.8) is 0 Å². The first-order chi connectivity index (χ1) is 14.6. The van der Waals surface area contributed by atoms with Gasteiger partial charge in [0.1, 0.15) is 5.75 Å². The van der Waals surface area contributed by atoms with Crippen LogP contribution in [0, 0.1) is 6.92 Å². The van der Waals surface area contributed by atoms with Crippen LogP contribution in [0.25, 0.3) is 5.69 Å². The quantitative estimate of drug-likeness (QED) is 0.400. The zero-order valence-corrected chi connectivity index (χ0v) is 18.0. The van der Waals surface area contributed by atoms with Crippen molar-refractivity contribution in [1.29, 1.82) is 0 Å². The molecule has 6 nitrogen and oxygen atoms in total. The summed E-state index contributed by atoms with van der Waals surface area (Å²) in [6.07, 6.45) is 4.93. The van der Waals surface area contributed by atoms with Gasteiger partial charge in [-0.2, -0.15) is 5.10 Å². The van der Waals surface area contributed by atoms with Crippen molar-refractivity contribution in [3.05, 3.63) is 72.1 Å². The van der Waals surface area contributed by atoms with E-state index in [1.165, 1.54) is 6.42 Å². The van der Waals surface area contributed by atoms with E-state index in [0.717, 1.165) is 35.7 Å². The molecule has 0 saturated carbocycles. The van der Waals surface area contributed by atoms with Crippen LogP contribution < -0.4 is 15.4 Å². The standard InChI is InChI=1S/C23H26N4O2S/c1-3-4-8-15-29-20-13-11-18(12-14-20)25-23(30)26-22(28)21-16-24-27(17(21)2)19-9-6-5-7-10-19/h5-7,9-14,16H,3-4,8,15H2,1-2H3,(H2,25,26,28,30). The van der Waals surface area contributed by atoms with Crippen molar-refractivity contribution in [2.75, 3.05) is 11.9 Å². The average molecular weight is 423 g/mol. The number of nitrogens with zero attached hydrogens (tertiary/aromatic N) is 2. The third-order valence-corrected chi connectivity index (χ3v) is 4.82. The number of rotatable bonds is 8. The number of ether oxygens (including phenoxy) is 1. The van der Waals surface area contributed by atoms with Gasteiger partial charge in [0.05, 0.1) is 29.7 Å². The zero-order chi connectivity index (χ0) is 21.3. The summed E-state index contributed by atoms with van der Waals surface area (Å²) in [5.74, 6) is 0.513. The minimum Gasteiger partial charge on any atom is -0.494 e. The molecule has 3 aromatic rings. The van der Waals surface area contributed by atoms with Gasteiger partial charge in [0.15, 0.2) is 5.11 Å². The molecule has 0 saturated heterocycles. The molecule has 2 N–H and O–H groups in total. The van der Waals surface area contributed by atoms with Crippen molar-refractivity contribution in [1.82, 2.24) is 15.1 Å². The highest BCUT2D eigenvalue weighted by Crippen LogP contribution is 2.17. The Morgan fingerprint density at radius 1 is 1.10 bits per heavy atom. The molecule has 0 spiro atoms. The fraction of sp³-hybridized carbons (Fsp3) is 0.261. The summed E-state index contributed by atoms with van der Waals surface area (Å²) in [6, 6.07) is 17.2. The number of nitrogens with one attached hydrogen (secondary N) is 2. The molecule has 0 aliphatic carbocycles. The number of thiocarbonyl (C=S) groups is 1. The number of carbonyl (C=O) groups is 1. The molecule has 1 aromatic heterocycles. The van der Waals surface area contributed by atoms with E-state index in [0.29, 0.717) is 12.2 Å². The summed E-state index contributed by atoms with van der Waals surface area (Å²) in [5, 5.41) is 10.3. The van der Waals surface area contributed by atoms with Gasteiger partial charge in [-0.15, -0.1) is 0 Å². The van der Waals surface area contributed by atoms with Crippen molar-refractivity contribution >= 4 is 28.9 Å². The average Bonchev–Trinajstić information content (AvgIpc) is 3.14. The maximum absolute atomic E-state index is 12.6. The Balaban J connectivity index is 1.55.